The van der Waals surface area contributed by atoms with Crippen LogP contribution in [-0.4, -0.2) is 44.8 Å². The standard InChI is InChI=1S/C26H25Cl3FN3O4S/c1-3-24(26(35)31-2)32(15-17-9-10-18(27)13-21(17)28)25(34)16-33(19-11-12-23(30)22(29)14-19)38(36,37)20-7-5-4-6-8-20/h4-14,24H,3,15-16H2,1-2H3,(H,31,35)/t24-/m1/s1. The van der Waals surface area contributed by atoms with Crippen LogP contribution in [0.15, 0.2) is 71.6 Å². The van der Waals surface area contributed by atoms with Crippen LogP contribution in [0.1, 0.15) is 18.9 Å². The number of nitrogens with zero attached hydrogens (tertiary/aromatic N) is 2. The monoisotopic (exact) mass is 599 g/mol. The Balaban J connectivity index is 2.09. The van der Waals surface area contributed by atoms with Gasteiger partial charge in [0.05, 0.1) is 15.6 Å². The number of sulfonamides is 1. The number of halogens is 4. The maximum atomic E-state index is 13.9. The number of nitrogens with one attached hydrogen (secondary N) is 1. The first-order valence-electron chi connectivity index (χ1n) is 11.5. The van der Waals surface area contributed by atoms with E-state index in [0.717, 1.165) is 16.4 Å². The molecule has 0 aliphatic carbocycles. The van der Waals surface area contributed by atoms with Gasteiger partial charge in [0.2, 0.25) is 11.8 Å². The molecule has 3 rings (SSSR count). The summed E-state index contributed by atoms with van der Waals surface area (Å²) < 4.78 is 42.1. The van der Waals surface area contributed by atoms with E-state index in [1.165, 1.54) is 48.3 Å². The van der Waals surface area contributed by atoms with E-state index in [1.807, 2.05) is 0 Å². The Bertz CT molecular complexity index is 1420. The summed E-state index contributed by atoms with van der Waals surface area (Å²) >= 11 is 18.3. The van der Waals surface area contributed by atoms with E-state index in [0.29, 0.717) is 10.6 Å². The van der Waals surface area contributed by atoms with Crippen LogP contribution in [0.4, 0.5) is 10.1 Å². The number of anilines is 1. The minimum atomic E-state index is -4.30. The zero-order valence-corrected chi connectivity index (χ0v) is 23.6. The molecule has 0 aromatic heterocycles. The van der Waals surface area contributed by atoms with Gasteiger partial charge in [-0.3, -0.25) is 13.9 Å². The quantitative estimate of drug-likeness (QED) is 0.331. The molecule has 7 nitrogen and oxygen atoms in total. The van der Waals surface area contributed by atoms with Crippen molar-refractivity contribution < 1.29 is 22.4 Å². The van der Waals surface area contributed by atoms with Gasteiger partial charge in [-0.2, -0.15) is 0 Å². The number of amides is 2. The molecule has 0 saturated heterocycles. The van der Waals surface area contributed by atoms with Crippen molar-refractivity contribution in [3.63, 3.8) is 0 Å². The molecule has 0 heterocycles. The predicted octanol–water partition coefficient (Wildman–Crippen LogP) is 5.53. The summed E-state index contributed by atoms with van der Waals surface area (Å²) in [5, 5.41) is 2.89. The fourth-order valence-corrected chi connectivity index (χ4v) is 5.88. The Morgan fingerprint density at radius 1 is 0.974 bits per heavy atom. The lowest BCUT2D eigenvalue weighted by atomic mass is 10.1. The molecule has 0 fully saturated rings. The van der Waals surface area contributed by atoms with Crippen LogP contribution in [0, 0.1) is 5.82 Å². The third-order valence-electron chi connectivity index (χ3n) is 5.79. The number of rotatable bonds is 10. The van der Waals surface area contributed by atoms with Crippen molar-refractivity contribution in [2.24, 2.45) is 0 Å². The van der Waals surface area contributed by atoms with E-state index in [4.69, 9.17) is 34.8 Å². The number of likely N-dealkylation sites (N-methyl/N-ethyl adjacent to an activating group) is 1. The zero-order chi connectivity index (χ0) is 28.0. The van der Waals surface area contributed by atoms with Crippen LogP contribution >= 0.6 is 34.8 Å². The fourth-order valence-electron chi connectivity index (χ4n) is 3.81. The van der Waals surface area contributed by atoms with E-state index >= 15 is 0 Å². The molecular formula is C26H25Cl3FN3O4S. The first-order chi connectivity index (χ1) is 18.0. The molecule has 3 aromatic rings. The molecule has 0 spiro atoms. The molecule has 0 bridgehead atoms. The molecule has 38 heavy (non-hydrogen) atoms. The topological polar surface area (TPSA) is 86.8 Å². The highest BCUT2D eigenvalue weighted by Gasteiger charge is 2.33. The molecule has 3 aromatic carbocycles. The van der Waals surface area contributed by atoms with E-state index in [2.05, 4.69) is 5.32 Å². The van der Waals surface area contributed by atoms with Gasteiger partial charge in [-0.1, -0.05) is 66.0 Å². The van der Waals surface area contributed by atoms with Gasteiger partial charge in [-0.25, -0.2) is 12.8 Å². The van der Waals surface area contributed by atoms with Gasteiger partial charge in [0.15, 0.2) is 0 Å². The molecule has 12 heteroatoms. The Kier molecular flexibility index (Phi) is 10.0. The Labute approximate surface area is 236 Å². The zero-order valence-electron chi connectivity index (χ0n) is 20.5. The van der Waals surface area contributed by atoms with Crippen molar-refractivity contribution in [2.45, 2.75) is 30.8 Å². The first-order valence-corrected chi connectivity index (χ1v) is 14.0. The predicted molar refractivity (Wildman–Crippen MR) is 148 cm³/mol. The van der Waals surface area contributed by atoms with E-state index in [9.17, 15) is 22.4 Å². The highest BCUT2D eigenvalue weighted by Crippen LogP contribution is 2.29. The Morgan fingerprint density at radius 2 is 1.66 bits per heavy atom. The van der Waals surface area contributed by atoms with Crippen LogP contribution in [0.25, 0.3) is 0 Å². The van der Waals surface area contributed by atoms with Gasteiger partial charge in [-0.15, -0.1) is 0 Å². The van der Waals surface area contributed by atoms with Crippen LogP contribution in [0.5, 0.6) is 0 Å². The summed E-state index contributed by atoms with van der Waals surface area (Å²) in [6, 6.07) is 14.6. The van der Waals surface area contributed by atoms with Crippen molar-refractivity contribution in [2.75, 3.05) is 17.9 Å². The second-order valence-electron chi connectivity index (χ2n) is 8.22. The summed E-state index contributed by atoms with van der Waals surface area (Å²) in [5.41, 5.74) is 0.486. The lowest BCUT2D eigenvalue weighted by Gasteiger charge is -2.33. The summed E-state index contributed by atoms with van der Waals surface area (Å²) in [6.07, 6.45) is 0.241. The fraction of sp³-hybridized carbons (Fsp3) is 0.231. The molecule has 0 aliphatic heterocycles. The minimum absolute atomic E-state index is 0.0222. The average molecular weight is 601 g/mol. The van der Waals surface area contributed by atoms with Gasteiger partial charge in [-0.05, 0) is 54.4 Å². The largest absolute Gasteiger partial charge is 0.357 e. The molecule has 0 radical (unpaired) electrons. The number of hydrogen-bond acceptors (Lipinski definition) is 4. The third-order valence-corrected chi connectivity index (χ3v) is 8.45. The van der Waals surface area contributed by atoms with Gasteiger partial charge in [0, 0.05) is 23.6 Å². The molecular weight excluding hydrogens is 576 g/mol. The normalized spacial score (nSPS) is 12.1. The van der Waals surface area contributed by atoms with Gasteiger partial charge in [0.1, 0.15) is 18.4 Å². The van der Waals surface area contributed by atoms with Crippen LogP contribution in [0.2, 0.25) is 15.1 Å². The van der Waals surface area contributed by atoms with Gasteiger partial charge >= 0.3 is 0 Å². The minimum Gasteiger partial charge on any atom is -0.357 e. The van der Waals surface area contributed by atoms with E-state index in [1.54, 1.807) is 25.1 Å². The molecule has 0 aliphatic rings. The van der Waals surface area contributed by atoms with Crippen molar-refractivity contribution in [1.82, 2.24) is 10.2 Å². The van der Waals surface area contributed by atoms with Crippen LogP contribution in [-0.2, 0) is 26.2 Å². The second kappa shape index (κ2) is 12.8. The Hall–Kier alpha value is -2.85. The maximum Gasteiger partial charge on any atom is 0.264 e. The molecule has 0 unspecified atom stereocenters. The lowest BCUT2D eigenvalue weighted by Crippen LogP contribution is -2.51. The van der Waals surface area contributed by atoms with Gasteiger partial charge in [0.25, 0.3) is 10.0 Å². The number of hydrogen-bond donors (Lipinski definition) is 1. The maximum absolute atomic E-state index is 13.9. The highest BCUT2D eigenvalue weighted by molar-refractivity contribution is 7.92. The smallest absolute Gasteiger partial charge is 0.264 e. The number of carbonyl (C=O) groups is 2. The van der Waals surface area contributed by atoms with E-state index in [-0.39, 0.29) is 33.6 Å². The summed E-state index contributed by atoms with van der Waals surface area (Å²) in [4.78, 5) is 27.7. The number of carbonyl (C=O) groups excluding carboxylic acids is 2. The van der Waals surface area contributed by atoms with Crippen molar-refractivity contribution in [1.29, 1.82) is 0 Å². The first kappa shape index (κ1) is 29.7. The summed E-state index contributed by atoms with van der Waals surface area (Å²) in [7, 11) is -2.86. The van der Waals surface area contributed by atoms with Crippen LogP contribution in [0.3, 0.4) is 0 Å². The SMILES string of the molecule is CC[C@H](C(=O)NC)N(Cc1ccc(Cl)cc1Cl)C(=O)CN(c1ccc(F)c(Cl)c1)S(=O)(=O)c1ccccc1. The van der Waals surface area contributed by atoms with Crippen molar-refractivity contribution >= 4 is 62.3 Å². The molecule has 2 amide bonds. The summed E-state index contributed by atoms with van der Waals surface area (Å²) in [6.45, 7) is 0.934. The molecule has 1 N–H and O–H groups in total. The third kappa shape index (κ3) is 6.77. The molecule has 1 atom stereocenters. The van der Waals surface area contributed by atoms with E-state index < -0.39 is 40.2 Å². The summed E-state index contributed by atoms with van der Waals surface area (Å²) in [5.74, 6) is -1.87. The van der Waals surface area contributed by atoms with Crippen molar-refractivity contribution in [3.8, 4) is 0 Å². The molecule has 202 valence electrons. The number of benzene rings is 3. The van der Waals surface area contributed by atoms with Gasteiger partial charge < -0.3 is 10.2 Å². The second-order valence-corrected chi connectivity index (χ2v) is 11.3. The highest BCUT2D eigenvalue weighted by atomic mass is 35.5. The lowest BCUT2D eigenvalue weighted by molar-refractivity contribution is -0.140. The average Bonchev–Trinajstić information content (AvgIpc) is 2.90. The Morgan fingerprint density at radius 3 is 2.24 bits per heavy atom. The van der Waals surface area contributed by atoms with Crippen LogP contribution < -0.4 is 9.62 Å². The van der Waals surface area contributed by atoms with Crippen molar-refractivity contribution in [3.05, 3.63) is 93.2 Å². The molecule has 0 saturated carbocycles.